The van der Waals surface area contributed by atoms with Gasteiger partial charge in [-0.1, -0.05) is 42.3 Å². The van der Waals surface area contributed by atoms with Crippen molar-refractivity contribution < 1.29 is 9.53 Å². The molecule has 0 bridgehead atoms. The molecule has 0 aromatic heterocycles. The Morgan fingerprint density at radius 3 is 2.71 bits per heavy atom. The van der Waals surface area contributed by atoms with Crippen LogP contribution in [-0.4, -0.2) is 37.0 Å². The Kier molecular flexibility index (Phi) is 5.06. The Morgan fingerprint density at radius 1 is 1.19 bits per heavy atom. The lowest BCUT2D eigenvalue weighted by molar-refractivity contribution is -0.133. The number of rotatable bonds is 3. The Hall–Kier alpha value is -2.37. The number of hydrogen-bond donors (Lipinski definition) is 1. The minimum atomic E-state index is -0.941. The molecule has 6 heteroatoms. The summed E-state index contributed by atoms with van der Waals surface area (Å²) in [4.78, 5) is 20.1. The lowest BCUT2D eigenvalue weighted by atomic mass is 9.70. The number of nitrogens with zero attached hydrogens (tertiary/aromatic N) is 2. The SMILES string of the molecule is COC1CCCC(C2Cc3ccc(-c4cccc(Cl)c4)cc3C23N=C(N)N(C)C3=O)C1. The Bertz CT molecular complexity index is 1070. The minimum absolute atomic E-state index is 0.0171. The fourth-order valence-electron chi connectivity index (χ4n) is 5.89. The number of hydrogen-bond acceptors (Lipinski definition) is 4. The van der Waals surface area contributed by atoms with Gasteiger partial charge in [0.2, 0.25) is 0 Å². The Balaban J connectivity index is 1.63. The van der Waals surface area contributed by atoms with Crippen LogP contribution >= 0.6 is 11.6 Å². The Morgan fingerprint density at radius 2 is 2.00 bits per heavy atom. The van der Waals surface area contributed by atoms with Gasteiger partial charge in [0.1, 0.15) is 0 Å². The number of methoxy groups -OCH3 is 1. The molecule has 1 heterocycles. The van der Waals surface area contributed by atoms with Crippen LogP contribution in [0.3, 0.4) is 0 Å². The number of benzene rings is 2. The average molecular weight is 438 g/mol. The molecule has 1 amide bonds. The molecule has 1 aliphatic heterocycles. The fraction of sp³-hybridized carbons (Fsp3) is 0.440. The molecule has 0 radical (unpaired) electrons. The van der Waals surface area contributed by atoms with E-state index < -0.39 is 5.54 Å². The third-order valence-electron chi connectivity index (χ3n) is 7.49. The fourth-order valence-corrected chi connectivity index (χ4v) is 6.08. The summed E-state index contributed by atoms with van der Waals surface area (Å²) >= 11 is 6.24. The highest BCUT2D eigenvalue weighted by Crippen LogP contribution is 2.54. The van der Waals surface area contributed by atoms with Crippen LogP contribution in [-0.2, 0) is 21.5 Å². The first kappa shape index (κ1) is 20.5. The van der Waals surface area contributed by atoms with E-state index in [-0.39, 0.29) is 17.9 Å². The maximum atomic E-state index is 13.7. The first-order valence-electron chi connectivity index (χ1n) is 11.0. The van der Waals surface area contributed by atoms with E-state index in [4.69, 9.17) is 27.1 Å². The van der Waals surface area contributed by atoms with Crippen LogP contribution in [0.1, 0.15) is 36.8 Å². The number of likely N-dealkylation sites (N-methyl/N-ethyl adjacent to an activating group) is 1. The summed E-state index contributed by atoms with van der Waals surface area (Å²) in [6.07, 6.45) is 5.33. The largest absolute Gasteiger partial charge is 0.381 e. The maximum Gasteiger partial charge on any atom is 0.262 e. The summed E-state index contributed by atoms with van der Waals surface area (Å²) in [6.45, 7) is 0. The van der Waals surface area contributed by atoms with E-state index in [2.05, 4.69) is 18.2 Å². The summed E-state index contributed by atoms with van der Waals surface area (Å²) in [5.41, 5.74) is 9.52. The molecule has 0 saturated heterocycles. The van der Waals surface area contributed by atoms with Crippen molar-refractivity contribution in [3.8, 4) is 11.1 Å². The van der Waals surface area contributed by atoms with Crippen molar-refractivity contribution in [2.24, 2.45) is 22.6 Å². The second kappa shape index (κ2) is 7.64. The van der Waals surface area contributed by atoms with Crippen molar-refractivity contribution >= 4 is 23.5 Å². The standard InChI is InChI=1S/C25H28ClN3O2/c1-29-23(30)25(28-24(29)27)21-13-16(15-5-3-7-19(26)11-15)9-10-18(21)14-22(25)17-6-4-8-20(12-17)31-2/h3,5,7,9-11,13,17,20,22H,4,6,8,12,14H2,1-2H3,(H2,27,28). The lowest BCUT2D eigenvalue weighted by Crippen LogP contribution is -2.46. The number of halogens is 1. The zero-order valence-electron chi connectivity index (χ0n) is 18.0. The van der Waals surface area contributed by atoms with Gasteiger partial charge in [-0.2, -0.15) is 0 Å². The van der Waals surface area contributed by atoms with Gasteiger partial charge in [-0.05, 0) is 72.1 Å². The molecule has 2 aromatic carbocycles. The van der Waals surface area contributed by atoms with Crippen LogP contribution in [0.25, 0.3) is 11.1 Å². The molecular formula is C25H28ClN3O2. The van der Waals surface area contributed by atoms with Crippen molar-refractivity contribution in [1.29, 1.82) is 0 Å². The van der Waals surface area contributed by atoms with Crippen molar-refractivity contribution in [3.05, 3.63) is 58.6 Å². The van der Waals surface area contributed by atoms with Crippen LogP contribution < -0.4 is 5.73 Å². The van der Waals surface area contributed by atoms with E-state index in [1.54, 1.807) is 14.2 Å². The van der Waals surface area contributed by atoms with Gasteiger partial charge in [0.15, 0.2) is 11.5 Å². The number of amides is 1. The molecule has 2 aliphatic carbocycles. The third-order valence-corrected chi connectivity index (χ3v) is 7.72. The third kappa shape index (κ3) is 3.17. The predicted octanol–water partition coefficient (Wildman–Crippen LogP) is 4.37. The molecule has 5 rings (SSSR count). The van der Waals surface area contributed by atoms with Crippen LogP contribution in [0, 0.1) is 11.8 Å². The van der Waals surface area contributed by atoms with Gasteiger partial charge in [-0.3, -0.25) is 9.69 Å². The zero-order chi connectivity index (χ0) is 21.8. The second-order valence-corrected chi connectivity index (χ2v) is 9.51. The number of nitrogens with two attached hydrogens (primary N) is 1. The van der Waals surface area contributed by atoms with E-state index >= 15 is 0 Å². The van der Waals surface area contributed by atoms with Gasteiger partial charge in [-0.15, -0.1) is 0 Å². The zero-order valence-corrected chi connectivity index (χ0v) is 18.7. The van der Waals surface area contributed by atoms with Crippen molar-refractivity contribution in [2.45, 2.75) is 43.7 Å². The highest BCUT2D eigenvalue weighted by molar-refractivity contribution is 6.30. The van der Waals surface area contributed by atoms with Gasteiger partial charge in [0, 0.05) is 25.1 Å². The first-order chi connectivity index (χ1) is 14.9. The van der Waals surface area contributed by atoms with Crippen molar-refractivity contribution in [2.75, 3.05) is 14.2 Å². The van der Waals surface area contributed by atoms with E-state index in [0.717, 1.165) is 48.8 Å². The van der Waals surface area contributed by atoms with Gasteiger partial charge < -0.3 is 10.5 Å². The molecule has 162 valence electrons. The maximum absolute atomic E-state index is 13.7. The molecule has 3 aliphatic rings. The smallest absolute Gasteiger partial charge is 0.262 e. The van der Waals surface area contributed by atoms with Gasteiger partial charge in [0.25, 0.3) is 5.91 Å². The molecule has 5 nitrogen and oxygen atoms in total. The second-order valence-electron chi connectivity index (χ2n) is 9.08. The number of aliphatic imine (C=N–C) groups is 1. The highest BCUT2D eigenvalue weighted by atomic mass is 35.5. The van der Waals surface area contributed by atoms with E-state index in [1.165, 1.54) is 10.5 Å². The topological polar surface area (TPSA) is 67.9 Å². The number of carbonyl (C=O) groups excluding carboxylic acids is 1. The summed E-state index contributed by atoms with van der Waals surface area (Å²) in [5.74, 6) is 0.741. The van der Waals surface area contributed by atoms with Crippen LogP contribution in [0.2, 0.25) is 5.02 Å². The van der Waals surface area contributed by atoms with E-state index in [1.807, 2.05) is 24.3 Å². The lowest BCUT2D eigenvalue weighted by Gasteiger charge is -2.38. The van der Waals surface area contributed by atoms with Crippen LogP contribution in [0.5, 0.6) is 0 Å². The molecular weight excluding hydrogens is 410 g/mol. The molecule has 4 unspecified atom stereocenters. The van der Waals surface area contributed by atoms with E-state index in [9.17, 15) is 4.79 Å². The van der Waals surface area contributed by atoms with Gasteiger partial charge in [-0.25, -0.2) is 4.99 Å². The predicted molar refractivity (Wildman–Crippen MR) is 123 cm³/mol. The minimum Gasteiger partial charge on any atom is -0.381 e. The Labute approximate surface area is 188 Å². The van der Waals surface area contributed by atoms with Crippen molar-refractivity contribution in [1.82, 2.24) is 4.90 Å². The van der Waals surface area contributed by atoms with Crippen LogP contribution in [0.15, 0.2) is 47.5 Å². The number of guanidine groups is 1. The highest BCUT2D eigenvalue weighted by Gasteiger charge is 2.59. The molecule has 2 N–H and O–H groups in total. The first-order valence-corrected chi connectivity index (χ1v) is 11.4. The quantitative estimate of drug-likeness (QED) is 0.775. The number of ether oxygens (including phenoxy) is 1. The number of fused-ring (bicyclic) bond motifs is 2. The molecule has 4 atom stereocenters. The molecule has 1 spiro atoms. The molecule has 1 saturated carbocycles. The van der Waals surface area contributed by atoms with Crippen molar-refractivity contribution in [3.63, 3.8) is 0 Å². The monoisotopic (exact) mass is 437 g/mol. The summed E-state index contributed by atoms with van der Waals surface area (Å²) in [6, 6.07) is 14.2. The average Bonchev–Trinajstić information content (AvgIpc) is 3.23. The van der Waals surface area contributed by atoms with Gasteiger partial charge in [0.05, 0.1) is 6.10 Å². The summed E-state index contributed by atoms with van der Waals surface area (Å²) in [5, 5.41) is 0.692. The molecule has 1 fully saturated rings. The normalized spacial score (nSPS) is 30.0. The summed E-state index contributed by atoms with van der Waals surface area (Å²) in [7, 11) is 3.51. The summed E-state index contributed by atoms with van der Waals surface area (Å²) < 4.78 is 5.70. The van der Waals surface area contributed by atoms with Gasteiger partial charge >= 0.3 is 0 Å². The molecule has 31 heavy (non-hydrogen) atoms. The number of carbonyl (C=O) groups is 1. The molecule has 2 aromatic rings. The van der Waals surface area contributed by atoms with Crippen LogP contribution in [0.4, 0.5) is 0 Å². The van der Waals surface area contributed by atoms with E-state index in [0.29, 0.717) is 16.9 Å².